The van der Waals surface area contributed by atoms with Gasteiger partial charge in [-0.05, 0) is 30.0 Å². The van der Waals surface area contributed by atoms with Crippen LogP contribution in [-0.4, -0.2) is 6.54 Å². The number of nitriles is 1. The van der Waals surface area contributed by atoms with Gasteiger partial charge in [-0.15, -0.1) is 11.3 Å². The third-order valence-corrected chi connectivity index (χ3v) is 2.23. The summed E-state index contributed by atoms with van der Waals surface area (Å²) in [4.78, 5) is 0.752. The lowest BCUT2D eigenvalue weighted by molar-refractivity contribution is 1.01. The number of nitrogens with zero attached hydrogens (tertiary/aromatic N) is 1. The first-order valence-electron chi connectivity index (χ1n) is 3.72. The van der Waals surface area contributed by atoms with Crippen molar-refractivity contribution in [2.45, 2.75) is 6.42 Å². The van der Waals surface area contributed by atoms with Crippen molar-refractivity contribution in [3.05, 3.63) is 28.0 Å². The van der Waals surface area contributed by atoms with Crippen LogP contribution in [0.25, 0.3) is 6.08 Å². The molecule has 0 unspecified atom stereocenters. The molecule has 0 atom stereocenters. The van der Waals surface area contributed by atoms with E-state index in [-0.39, 0.29) is 0 Å². The van der Waals surface area contributed by atoms with Gasteiger partial charge in [-0.25, -0.2) is 0 Å². The summed E-state index contributed by atoms with van der Waals surface area (Å²) in [7, 11) is 0. The van der Waals surface area contributed by atoms with E-state index in [2.05, 4.69) is 6.07 Å². The first kappa shape index (κ1) is 8.98. The van der Waals surface area contributed by atoms with E-state index in [4.69, 9.17) is 11.0 Å². The smallest absolute Gasteiger partial charge is 0.110 e. The first-order chi connectivity index (χ1) is 5.86. The molecular weight excluding hydrogens is 168 g/mol. The van der Waals surface area contributed by atoms with Gasteiger partial charge in [0.15, 0.2) is 0 Å². The normalized spacial score (nSPS) is 10.3. The van der Waals surface area contributed by atoms with Crippen LogP contribution in [0.5, 0.6) is 0 Å². The Kier molecular flexibility index (Phi) is 3.52. The van der Waals surface area contributed by atoms with Crippen LogP contribution in [0.1, 0.15) is 16.9 Å². The summed E-state index contributed by atoms with van der Waals surface area (Å²) in [5, 5.41) is 10.5. The predicted molar refractivity (Wildman–Crippen MR) is 51.7 cm³/mol. The molecule has 0 aliphatic rings. The minimum atomic E-state index is 0.672. The molecule has 12 heavy (non-hydrogen) atoms. The van der Waals surface area contributed by atoms with Crippen molar-refractivity contribution in [1.29, 1.82) is 5.26 Å². The number of nitrogens with two attached hydrogens (primary N) is 1. The van der Waals surface area contributed by atoms with E-state index in [1.807, 2.05) is 23.6 Å². The highest BCUT2D eigenvalue weighted by atomic mass is 32.1. The Bertz CT molecular complexity index is 307. The minimum absolute atomic E-state index is 0.672. The summed E-state index contributed by atoms with van der Waals surface area (Å²) in [5.74, 6) is 0. The Morgan fingerprint density at radius 2 is 2.50 bits per heavy atom. The molecule has 1 aromatic heterocycles. The Hall–Kier alpha value is -1.11. The monoisotopic (exact) mass is 178 g/mol. The third kappa shape index (κ3) is 2.50. The maximum Gasteiger partial charge on any atom is 0.110 e. The number of hydrogen-bond acceptors (Lipinski definition) is 3. The average Bonchev–Trinajstić information content (AvgIpc) is 2.53. The molecule has 1 rings (SSSR count). The molecule has 0 saturated heterocycles. The minimum Gasteiger partial charge on any atom is -0.330 e. The van der Waals surface area contributed by atoms with Crippen LogP contribution in [0.4, 0.5) is 0 Å². The van der Waals surface area contributed by atoms with Gasteiger partial charge in [0.1, 0.15) is 10.9 Å². The topological polar surface area (TPSA) is 49.8 Å². The molecule has 0 bridgehead atoms. The second-order valence-corrected chi connectivity index (χ2v) is 3.25. The molecule has 0 aromatic carbocycles. The maximum absolute atomic E-state index is 8.54. The van der Waals surface area contributed by atoms with Gasteiger partial charge in [-0.2, -0.15) is 5.26 Å². The summed E-state index contributed by atoms with van der Waals surface area (Å²) in [6, 6.07) is 3.97. The van der Waals surface area contributed by atoms with Gasteiger partial charge in [0.05, 0.1) is 0 Å². The fourth-order valence-electron chi connectivity index (χ4n) is 0.813. The largest absolute Gasteiger partial charge is 0.330 e. The van der Waals surface area contributed by atoms with E-state index < -0.39 is 0 Å². The van der Waals surface area contributed by atoms with E-state index in [0.29, 0.717) is 6.54 Å². The lowest BCUT2D eigenvalue weighted by atomic mass is 10.2. The van der Waals surface area contributed by atoms with E-state index in [9.17, 15) is 0 Å². The Morgan fingerprint density at radius 1 is 1.67 bits per heavy atom. The van der Waals surface area contributed by atoms with Crippen LogP contribution >= 0.6 is 11.3 Å². The van der Waals surface area contributed by atoms with Gasteiger partial charge in [-0.3, -0.25) is 0 Å². The van der Waals surface area contributed by atoms with Gasteiger partial charge in [0.25, 0.3) is 0 Å². The van der Waals surface area contributed by atoms with E-state index in [0.717, 1.165) is 16.9 Å². The molecule has 0 saturated carbocycles. The molecular formula is C9H10N2S. The van der Waals surface area contributed by atoms with Gasteiger partial charge in [0, 0.05) is 0 Å². The molecule has 1 heterocycles. The van der Waals surface area contributed by atoms with Crippen molar-refractivity contribution in [2.75, 3.05) is 6.54 Å². The molecule has 0 aliphatic heterocycles. The van der Waals surface area contributed by atoms with Crippen molar-refractivity contribution in [3.8, 4) is 6.07 Å². The molecule has 0 radical (unpaired) electrons. The summed E-state index contributed by atoms with van der Waals surface area (Å²) in [6.45, 7) is 0.672. The lowest BCUT2D eigenvalue weighted by Crippen LogP contribution is -1.94. The number of hydrogen-bond donors (Lipinski definition) is 1. The van der Waals surface area contributed by atoms with E-state index in [1.54, 1.807) is 0 Å². The zero-order chi connectivity index (χ0) is 8.81. The van der Waals surface area contributed by atoms with Crippen LogP contribution in [0.3, 0.4) is 0 Å². The molecule has 0 amide bonds. The van der Waals surface area contributed by atoms with Crippen molar-refractivity contribution in [2.24, 2.45) is 5.73 Å². The zero-order valence-corrected chi connectivity index (χ0v) is 7.47. The summed E-state index contributed by atoms with van der Waals surface area (Å²) >= 11 is 1.46. The molecule has 0 aliphatic carbocycles. The highest BCUT2D eigenvalue weighted by Crippen LogP contribution is 2.14. The van der Waals surface area contributed by atoms with Crippen LogP contribution in [0.15, 0.2) is 17.5 Å². The summed E-state index contributed by atoms with van der Waals surface area (Å²) in [5.41, 5.74) is 6.41. The Balaban J connectivity index is 2.59. The molecule has 3 heteroatoms. The Morgan fingerprint density at radius 3 is 3.08 bits per heavy atom. The molecule has 2 N–H and O–H groups in total. The highest BCUT2D eigenvalue weighted by molar-refractivity contribution is 7.10. The van der Waals surface area contributed by atoms with Gasteiger partial charge in [-0.1, -0.05) is 12.2 Å². The number of rotatable bonds is 3. The molecule has 0 spiro atoms. The van der Waals surface area contributed by atoms with Gasteiger partial charge < -0.3 is 5.73 Å². The van der Waals surface area contributed by atoms with Crippen LogP contribution in [0.2, 0.25) is 0 Å². The van der Waals surface area contributed by atoms with Gasteiger partial charge >= 0.3 is 0 Å². The molecule has 2 nitrogen and oxygen atoms in total. The first-order valence-corrected chi connectivity index (χ1v) is 4.60. The number of thiophene rings is 1. The summed E-state index contributed by atoms with van der Waals surface area (Å²) in [6.07, 6.45) is 4.89. The third-order valence-electron chi connectivity index (χ3n) is 1.37. The quantitative estimate of drug-likeness (QED) is 0.769. The Labute approximate surface area is 75.9 Å². The predicted octanol–water partition coefficient (Wildman–Crippen LogP) is 1.98. The molecule has 1 aromatic rings. The van der Waals surface area contributed by atoms with Gasteiger partial charge in [0.2, 0.25) is 0 Å². The van der Waals surface area contributed by atoms with Crippen molar-refractivity contribution in [3.63, 3.8) is 0 Å². The van der Waals surface area contributed by atoms with Crippen LogP contribution in [0, 0.1) is 11.3 Å². The van der Waals surface area contributed by atoms with Crippen molar-refractivity contribution >= 4 is 17.4 Å². The average molecular weight is 178 g/mol. The second kappa shape index (κ2) is 4.70. The fourth-order valence-corrected chi connectivity index (χ4v) is 1.48. The van der Waals surface area contributed by atoms with Crippen LogP contribution < -0.4 is 5.73 Å². The zero-order valence-electron chi connectivity index (χ0n) is 6.66. The van der Waals surface area contributed by atoms with Crippen LogP contribution in [-0.2, 0) is 0 Å². The van der Waals surface area contributed by atoms with E-state index >= 15 is 0 Å². The molecule has 0 fully saturated rings. The van der Waals surface area contributed by atoms with Crippen molar-refractivity contribution in [1.82, 2.24) is 0 Å². The molecule has 62 valence electrons. The fraction of sp³-hybridized carbons (Fsp3) is 0.222. The SMILES string of the molecule is N#Cc1cc(C=CCCN)cs1. The van der Waals surface area contributed by atoms with Crippen molar-refractivity contribution < 1.29 is 0 Å². The summed E-state index contributed by atoms with van der Waals surface area (Å²) < 4.78 is 0. The lowest BCUT2D eigenvalue weighted by Gasteiger charge is -1.83. The standard InChI is InChI=1S/C9H10N2S/c10-4-2-1-3-8-5-9(6-11)12-7-8/h1,3,5,7H,2,4,10H2. The maximum atomic E-state index is 8.54. The second-order valence-electron chi connectivity index (χ2n) is 2.34. The highest BCUT2D eigenvalue weighted by Gasteiger charge is 1.93. The van der Waals surface area contributed by atoms with E-state index in [1.165, 1.54) is 11.3 Å².